The van der Waals surface area contributed by atoms with Gasteiger partial charge in [-0.25, -0.2) is 0 Å². The van der Waals surface area contributed by atoms with Gasteiger partial charge in [0.25, 0.3) is 0 Å². The van der Waals surface area contributed by atoms with Crippen molar-refractivity contribution >= 4 is 5.91 Å². The normalized spacial score (nSPS) is 22.4. The molecule has 0 spiro atoms. The Morgan fingerprint density at radius 2 is 1.85 bits per heavy atom. The first kappa shape index (κ1) is 15.7. The minimum atomic E-state index is 0.296. The number of hydrogen-bond acceptors (Lipinski definition) is 4. The van der Waals surface area contributed by atoms with Crippen LogP contribution in [0.1, 0.15) is 26.2 Å². The Kier molecular flexibility index (Phi) is 6.26. The first-order chi connectivity index (χ1) is 9.70. The lowest BCUT2D eigenvalue weighted by Crippen LogP contribution is -2.51. The number of hydrogen-bond donors (Lipinski definition) is 1. The molecule has 1 amide bonds. The van der Waals surface area contributed by atoms with Gasteiger partial charge in [0.2, 0.25) is 5.91 Å². The molecule has 0 aromatic carbocycles. The fourth-order valence-corrected chi connectivity index (χ4v) is 3.26. The Balaban J connectivity index is 1.71. The van der Waals surface area contributed by atoms with Gasteiger partial charge in [0, 0.05) is 32.2 Å². The standard InChI is InChI=1S/C15H30N4O/c1-3-8-18-9-4-14(5-10-18)17(2)13-15(20)19-11-6-16-7-12-19/h14,16H,3-13H2,1-2H3. The Morgan fingerprint density at radius 3 is 2.45 bits per heavy atom. The van der Waals surface area contributed by atoms with Crippen molar-refractivity contribution in [2.45, 2.75) is 32.2 Å². The van der Waals surface area contributed by atoms with Crippen LogP contribution in [0.2, 0.25) is 0 Å². The van der Waals surface area contributed by atoms with E-state index in [0.29, 0.717) is 18.5 Å². The van der Waals surface area contributed by atoms with Gasteiger partial charge in [0.05, 0.1) is 6.54 Å². The van der Waals surface area contributed by atoms with Gasteiger partial charge in [-0.2, -0.15) is 0 Å². The van der Waals surface area contributed by atoms with Crippen molar-refractivity contribution in [2.75, 3.05) is 59.4 Å². The number of piperazine rings is 1. The van der Waals surface area contributed by atoms with Gasteiger partial charge in [-0.3, -0.25) is 9.69 Å². The van der Waals surface area contributed by atoms with E-state index < -0.39 is 0 Å². The molecule has 2 aliphatic heterocycles. The number of nitrogens with zero attached hydrogens (tertiary/aromatic N) is 3. The first-order valence-corrected chi connectivity index (χ1v) is 8.11. The van der Waals surface area contributed by atoms with Crippen molar-refractivity contribution in [1.29, 1.82) is 0 Å². The molecule has 0 aliphatic carbocycles. The van der Waals surface area contributed by atoms with Crippen LogP contribution in [0.5, 0.6) is 0 Å². The molecule has 116 valence electrons. The van der Waals surface area contributed by atoms with Crippen molar-refractivity contribution in [3.05, 3.63) is 0 Å². The van der Waals surface area contributed by atoms with E-state index in [1.807, 2.05) is 4.90 Å². The topological polar surface area (TPSA) is 38.8 Å². The predicted molar refractivity (Wildman–Crippen MR) is 81.8 cm³/mol. The molecule has 5 heteroatoms. The van der Waals surface area contributed by atoms with Crippen LogP contribution in [0.15, 0.2) is 0 Å². The first-order valence-electron chi connectivity index (χ1n) is 8.11. The third kappa shape index (κ3) is 4.43. The summed E-state index contributed by atoms with van der Waals surface area (Å²) in [4.78, 5) is 19.1. The minimum Gasteiger partial charge on any atom is -0.339 e. The smallest absolute Gasteiger partial charge is 0.236 e. The minimum absolute atomic E-state index is 0.296. The van der Waals surface area contributed by atoms with Crippen molar-refractivity contribution < 1.29 is 4.79 Å². The number of amides is 1. The maximum atomic E-state index is 12.3. The number of nitrogens with one attached hydrogen (secondary N) is 1. The second-order valence-electron chi connectivity index (χ2n) is 6.12. The molecular formula is C15H30N4O. The molecule has 20 heavy (non-hydrogen) atoms. The molecule has 2 rings (SSSR count). The fourth-order valence-electron chi connectivity index (χ4n) is 3.26. The zero-order valence-electron chi connectivity index (χ0n) is 13.1. The van der Waals surface area contributed by atoms with Gasteiger partial charge in [-0.1, -0.05) is 6.92 Å². The number of carbonyl (C=O) groups is 1. The van der Waals surface area contributed by atoms with E-state index in [4.69, 9.17) is 0 Å². The van der Waals surface area contributed by atoms with Crippen molar-refractivity contribution in [2.24, 2.45) is 0 Å². The Labute approximate surface area is 123 Å². The summed E-state index contributed by atoms with van der Waals surface area (Å²) in [6.45, 7) is 10.0. The molecule has 0 bridgehead atoms. The van der Waals surface area contributed by atoms with Gasteiger partial charge in [-0.05, 0) is 45.9 Å². The van der Waals surface area contributed by atoms with Crippen molar-refractivity contribution in [3.63, 3.8) is 0 Å². The summed E-state index contributed by atoms with van der Waals surface area (Å²) in [6.07, 6.45) is 3.64. The maximum absolute atomic E-state index is 12.3. The second kappa shape index (κ2) is 7.96. The predicted octanol–water partition coefficient (Wildman–Crippen LogP) is 0.224. The lowest BCUT2D eigenvalue weighted by atomic mass is 10.0. The highest BCUT2D eigenvalue weighted by Gasteiger charge is 2.25. The molecule has 2 heterocycles. The summed E-state index contributed by atoms with van der Waals surface area (Å²) in [7, 11) is 2.11. The van der Waals surface area contributed by atoms with Gasteiger partial charge in [0.15, 0.2) is 0 Å². The molecule has 2 saturated heterocycles. The van der Waals surface area contributed by atoms with E-state index in [1.165, 1.54) is 38.9 Å². The summed E-state index contributed by atoms with van der Waals surface area (Å²) in [6, 6.07) is 0.579. The highest BCUT2D eigenvalue weighted by molar-refractivity contribution is 5.78. The summed E-state index contributed by atoms with van der Waals surface area (Å²) < 4.78 is 0. The molecule has 0 aromatic rings. The quantitative estimate of drug-likeness (QED) is 0.783. The Bertz CT molecular complexity index is 296. The molecule has 2 fully saturated rings. The average Bonchev–Trinajstić information content (AvgIpc) is 2.49. The maximum Gasteiger partial charge on any atom is 0.236 e. The van der Waals surface area contributed by atoms with Crippen LogP contribution < -0.4 is 5.32 Å². The number of carbonyl (C=O) groups excluding carboxylic acids is 1. The molecule has 0 atom stereocenters. The van der Waals surface area contributed by atoms with Gasteiger partial charge in [0.1, 0.15) is 0 Å². The number of piperidine rings is 1. The molecule has 0 aromatic heterocycles. The third-order valence-electron chi connectivity index (χ3n) is 4.57. The van der Waals surface area contributed by atoms with Gasteiger partial charge in [-0.15, -0.1) is 0 Å². The Morgan fingerprint density at radius 1 is 1.20 bits per heavy atom. The molecule has 1 N–H and O–H groups in total. The summed E-state index contributed by atoms with van der Waals surface area (Å²) in [5.74, 6) is 0.296. The van der Waals surface area contributed by atoms with Crippen molar-refractivity contribution in [1.82, 2.24) is 20.0 Å². The summed E-state index contributed by atoms with van der Waals surface area (Å²) in [5.41, 5.74) is 0. The molecule has 0 saturated carbocycles. The van der Waals surface area contributed by atoms with Crippen LogP contribution in [0.4, 0.5) is 0 Å². The highest BCUT2D eigenvalue weighted by atomic mass is 16.2. The number of rotatable bonds is 5. The molecule has 5 nitrogen and oxygen atoms in total. The van der Waals surface area contributed by atoms with Crippen LogP contribution in [-0.4, -0.2) is 86.1 Å². The van der Waals surface area contributed by atoms with Crippen LogP contribution in [0.25, 0.3) is 0 Å². The lowest BCUT2D eigenvalue weighted by molar-refractivity contribution is -0.133. The zero-order valence-corrected chi connectivity index (χ0v) is 13.1. The lowest BCUT2D eigenvalue weighted by Gasteiger charge is -2.37. The Hall–Kier alpha value is -0.650. The van der Waals surface area contributed by atoms with E-state index in [-0.39, 0.29) is 0 Å². The summed E-state index contributed by atoms with van der Waals surface area (Å²) >= 11 is 0. The molecular weight excluding hydrogens is 252 g/mol. The largest absolute Gasteiger partial charge is 0.339 e. The number of likely N-dealkylation sites (tertiary alicyclic amines) is 1. The van der Waals surface area contributed by atoms with E-state index in [2.05, 4.69) is 29.1 Å². The van der Waals surface area contributed by atoms with Crippen LogP contribution in [0.3, 0.4) is 0 Å². The van der Waals surface area contributed by atoms with E-state index >= 15 is 0 Å². The third-order valence-corrected chi connectivity index (χ3v) is 4.57. The average molecular weight is 282 g/mol. The molecule has 0 unspecified atom stereocenters. The van der Waals surface area contributed by atoms with E-state index in [9.17, 15) is 4.79 Å². The van der Waals surface area contributed by atoms with Crippen LogP contribution in [-0.2, 0) is 4.79 Å². The SMILES string of the molecule is CCCN1CCC(N(C)CC(=O)N2CCNCC2)CC1. The van der Waals surface area contributed by atoms with Crippen LogP contribution in [0, 0.1) is 0 Å². The van der Waals surface area contributed by atoms with Gasteiger partial charge >= 0.3 is 0 Å². The summed E-state index contributed by atoms with van der Waals surface area (Å²) in [5, 5.41) is 3.29. The zero-order chi connectivity index (χ0) is 14.4. The fraction of sp³-hybridized carbons (Fsp3) is 0.933. The molecule has 2 aliphatic rings. The molecule has 0 radical (unpaired) electrons. The van der Waals surface area contributed by atoms with Crippen molar-refractivity contribution in [3.8, 4) is 0 Å². The number of likely N-dealkylation sites (N-methyl/N-ethyl adjacent to an activating group) is 1. The van der Waals surface area contributed by atoms with Crippen LogP contribution >= 0.6 is 0 Å². The van der Waals surface area contributed by atoms with E-state index in [1.54, 1.807) is 0 Å². The highest BCUT2D eigenvalue weighted by Crippen LogP contribution is 2.15. The monoisotopic (exact) mass is 282 g/mol. The van der Waals surface area contributed by atoms with Gasteiger partial charge < -0.3 is 15.1 Å². The van der Waals surface area contributed by atoms with E-state index in [0.717, 1.165) is 26.2 Å². The second-order valence-corrected chi connectivity index (χ2v) is 6.12.